The molecule has 1 saturated heterocycles. The lowest BCUT2D eigenvalue weighted by molar-refractivity contribution is -0.130. The highest BCUT2D eigenvalue weighted by Crippen LogP contribution is 2.20. The molecular weight excluding hydrogens is 338 g/mol. The number of rotatable bonds is 4. The van der Waals surface area contributed by atoms with E-state index in [1.807, 2.05) is 15.9 Å². The van der Waals surface area contributed by atoms with Crippen molar-refractivity contribution in [2.24, 2.45) is 0 Å². The predicted molar refractivity (Wildman–Crippen MR) is 107 cm³/mol. The standard InChI is InChI=1S/C22H29N3O2/c1-16(2)18-8-7-17(3)19(14-18)15-21(26)24-10-5-11-25(13-12-24)22(27)20-6-4-9-23-20/h4,6-9,14,16,23H,5,10-13,15H2,1-3H3. The lowest BCUT2D eigenvalue weighted by Crippen LogP contribution is -2.38. The monoisotopic (exact) mass is 367 g/mol. The van der Waals surface area contributed by atoms with Crippen molar-refractivity contribution < 1.29 is 9.59 Å². The summed E-state index contributed by atoms with van der Waals surface area (Å²) in [6.45, 7) is 8.95. The van der Waals surface area contributed by atoms with E-state index in [1.54, 1.807) is 12.3 Å². The Labute approximate surface area is 161 Å². The number of H-pyrrole nitrogens is 1. The number of hydrogen-bond acceptors (Lipinski definition) is 2. The second-order valence-electron chi connectivity index (χ2n) is 7.63. The summed E-state index contributed by atoms with van der Waals surface area (Å²) in [4.78, 5) is 32.1. The molecule has 2 amide bonds. The van der Waals surface area contributed by atoms with Crippen LogP contribution in [0, 0.1) is 6.92 Å². The van der Waals surface area contributed by atoms with Gasteiger partial charge in [0.05, 0.1) is 6.42 Å². The van der Waals surface area contributed by atoms with Gasteiger partial charge in [0.25, 0.3) is 5.91 Å². The van der Waals surface area contributed by atoms with Crippen LogP contribution >= 0.6 is 0 Å². The van der Waals surface area contributed by atoms with Gasteiger partial charge >= 0.3 is 0 Å². The molecule has 1 aromatic heterocycles. The zero-order valence-electron chi connectivity index (χ0n) is 16.5. The molecular formula is C22H29N3O2. The van der Waals surface area contributed by atoms with Crippen LogP contribution < -0.4 is 0 Å². The summed E-state index contributed by atoms with van der Waals surface area (Å²) in [6, 6.07) is 10.0. The van der Waals surface area contributed by atoms with E-state index < -0.39 is 0 Å². The Kier molecular flexibility index (Phi) is 5.99. The quantitative estimate of drug-likeness (QED) is 0.901. The number of amides is 2. The van der Waals surface area contributed by atoms with E-state index in [0.717, 1.165) is 17.5 Å². The van der Waals surface area contributed by atoms with E-state index >= 15 is 0 Å². The summed E-state index contributed by atoms with van der Waals surface area (Å²) < 4.78 is 0. The van der Waals surface area contributed by atoms with Crippen LogP contribution in [0.5, 0.6) is 0 Å². The Morgan fingerprint density at radius 2 is 1.81 bits per heavy atom. The first-order valence-electron chi connectivity index (χ1n) is 9.75. The van der Waals surface area contributed by atoms with Crippen LogP contribution in [-0.4, -0.2) is 52.8 Å². The lowest BCUT2D eigenvalue weighted by atomic mass is 9.96. The van der Waals surface area contributed by atoms with Crippen LogP contribution in [0.1, 0.15) is 53.4 Å². The second-order valence-corrected chi connectivity index (χ2v) is 7.63. The van der Waals surface area contributed by atoms with Gasteiger partial charge < -0.3 is 14.8 Å². The van der Waals surface area contributed by atoms with Crippen molar-refractivity contribution >= 4 is 11.8 Å². The average Bonchev–Trinajstić information content (AvgIpc) is 3.07. The van der Waals surface area contributed by atoms with Gasteiger partial charge in [-0.2, -0.15) is 0 Å². The van der Waals surface area contributed by atoms with Gasteiger partial charge in [-0.25, -0.2) is 0 Å². The fraction of sp³-hybridized carbons (Fsp3) is 0.455. The number of nitrogens with zero attached hydrogens (tertiary/aromatic N) is 2. The van der Waals surface area contributed by atoms with E-state index in [1.165, 1.54) is 5.56 Å². The van der Waals surface area contributed by atoms with Crippen molar-refractivity contribution in [2.75, 3.05) is 26.2 Å². The summed E-state index contributed by atoms with van der Waals surface area (Å²) in [5.41, 5.74) is 4.14. The summed E-state index contributed by atoms with van der Waals surface area (Å²) in [7, 11) is 0. The molecule has 1 aliphatic heterocycles. The molecule has 1 aliphatic rings. The van der Waals surface area contributed by atoms with E-state index in [2.05, 4.69) is 44.0 Å². The first-order chi connectivity index (χ1) is 13.0. The topological polar surface area (TPSA) is 56.4 Å². The third-order valence-electron chi connectivity index (χ3n) is 5.35. The number of carbonyl (C=O) groups excluding carboxylic acids is 2. The molecule has 2 aromatic rings. The molecule has 0 atom stereocenters. The van der Waals surface area contributed by atoms with E-state index in [0.29, 0.717) is 44.2 Å². The average molecular weight is 367 g/mol. The van der Waals surface area contributed by atoms with E-state index in [9.17, 15) is 9.59 Å². The third kappa shape index (κ3) is 4.59. The third-order valence-corrected chi connectivity index (χ3v) is 5.35. The Morgan fingerprint density at radius 3 is 2.52 bits per heavy atom. The zero-order valence-corrected chi connectivity index (χ0v) is 16.5. The zero-order chi connectivity index (χ0) is 19.4. The number of nitrogens with one attached hydrogen (secondary N) is 1. The molecule has 0 bridgehead atoms. The SMILES string of the molecule is Cc1ccc(C(C)C)cc1CC(=O)N1CCCN(C(=O)c2ccc[nH]2)CC1. The van der Waals surface area contributed by atoms with Crippen LogP contribution in [0.15, 0.2) is 36.5 Å². The Bertz CT molecular complexity index is 796. The Balaban J connectivity index is 1.63. The minimum Gasteiger partial charge on any atom is -0.357 e. The van der Waals surface area contributed by atoms with Gasteiger partial charge in [0.1, 0.15) is 5.69 Å². The number of aryl methyl sites for hydroxylation is 1. The fourth-order valence-electron chi connectivity index (χ4n) is 3.52. The molecule has 5 heteroatoms. The molecule has 1 N–H and O–H groups in total. The smallest absolute Gasteiger partial charge is 0.270 e. The molecule has 3 rings (SSSR count). The highest BCUT2D eigenvalue weighted by molar-refractivity contribution is 5.92. The van der Waals surface area contributed by atoms with Gasteiger partial charge in [-0.15, -0.1) is 0 Å². The summed E-state index contributed by atoms with van der Waals surface area (Å²) >= 11 is 0. The van der Waals surface area contributed by atoms with Crippen LogP contribution in [-0.2, 0) is 11.2 Å². The number of carbonyl (C=O) groups is 2. The highest BCUT2D eigenvalue weighted by Gasteiger charge is 2.23. The normalized spacial score (nSPS) is 15.1. The number of aromatic amines is 1. The Morgan fingerprint density at radius 1 is 1.07 bits per heavy atom. The first kappa shape index (κ1) is 19.2. The van der Waals surface area contributed by atoms with Gasteiger partial charge in [0, 0.05) is 32.4 Å². The predicted octanol–water partition coefficient (Wildman–Crippen LogP) is 3.36. The summed E-state index contributed by atoms with van der Waals surface area (Å²) in [5, 5.41) is 0. The largest absolute Gasteiger partial charge is 0.357 e. The van der Waals surface area contributed by atoms with Crippen LogP contribution in [0.3, 0.4) is 0 Å². The molecule has 27 heavy (non-hydrogen) atoms. The van der Waals surface area contributed by atoms with E-state index in [-0.39, 0.29) is 11.8 Å². The van der Waals surface area contributed by atoms with E-state index in [4.69, 9.17) is 0 Å². The lowest BCUT2D eigenvalue weighted by Gasteiger charge is -2.22. The maximum absolute atomic E-state index is 12.9. The first-order valence-corrected chi connectivity index (χ1v) is 9.75. The summed E-state index contributed by atoms with van der Waals surface area (Å²) in [6.07, 6.45) is 2.99. The molecule has 2 heterocycles. The molecule has 0 spiro atoms. The van der Waals surface area contributed by atoms with Gasteiger partial charge in [0.2, 0.25) is 5.91 Å². The van der Waals surface area contributed by atoms with Crippen LogP contribution in [0.25, 0.3) is 0 Å². The van der Waals surface area contributed by atoms with Crippen molar-refractivity contribution in [2.45, 2.75) is 39.5 Å². The van der Waals surface area contributed by atoms with Gasteiger partial charge in [-0.1, -0.05) is 32.0 Å². The van der Waals surface area contributed by atoms with Crippen LogP contribution in [0.4, 0.5) is 0 Å². The molecule has 0 saturated carbocycles. The fourth-order valence-corrected chi connectivity index (χ4v) is 3.52. The maximum Gasteiger partial charge on any atom is 0.270 e. The van der Waals surface area contributed by atoms with Crippen molar-refractivity contribution in [3.8, 4) is 0 Å². The van der Waals surface area contributed by atoms with Crippen molar-refractivity contribution in [3.63, 3.8) is 0 Å². The number of benzene rings is 1. The molecule has 1 fully saturated rings. The molecule has 0 radical (unpaired) electrons. The molecule has 5 nitrogen and oxygen atoms in total. The molecule has 144 valence electrons. The van der Waals surface area contributed by atoms with Crippen molar-refractivity contribution in [1.29, 1.82) is 0 Å². The number of hydrogen-bond donors (Lipinski definition) is 1. The number of aromatic nitrogens is 1. The minimum absolute atomic E-state index is 0.00905. The summed E-state index contributed by atoms with van der Waals surface area (Å²) in [5.74, 6) is 0.605. The highest BCUT2D eigenvalue weighted by atomic mass is 16.2. The molecule has 1 aromatic carbocycles. The van der Waals surface area contributed by atoms with Crippen molar-refractivity contribution in [3.05, 3.63) is 58.9 Å². The van der Waals surface area contributed by atoms with Crippen molar-refractivity contribution in [1.82, 2.24) is 14.8 Å². The second kappa shape index (κ2) is 8.42. The van der Waals surface area contributed by atoms with Crippen LogP contribution in [0.2, 0.25) is 0 Å². The van der Waals surface area contributed by atoms with Gasteiger partial charge in [-0.3, -0.25) is 9.59 Å². The molecule has 0 aliphatic carbocycles. The Hall–Kier alpha value is -2.56. The van der Waals surface area contributed by atoms with Gasteiger partial charge in [-0.05, 0) is 48.1 Å². The minimum atomic E-state index is 0.00905. The maximum atomic E-state index is 12.9. The van der Waals surface area contributed by atoms with Gasteiger partial charge in [0.15, 0.2) is 0 Å². The molecule has 0 unspecified atom stereocenters.